The molecule has 0 aliphatic rings. The summed E-state index contributed by atoms with van der Waals surface area (Å²) in [4.78, 5) is 10.8. The predicted octanol–water partition coefficient (Wildman–Crippen LogP) is 13.5. The molecule has 0 aliphatic heterocycles. The largest absolute Gasteiger partial charge is 0.309 e. The van der Waals surface area contributed by atoms with Crippen LogP contribution in [0, 0.1) is 0 Å². The molecular formula is C52H32N4. The third kappa shape index (κ3) is 4.47. The van der Waals surface area contributed by atoms with Crippen molar-refractivity contribution in [1.82, 2.24) is 19.1 Å². The zero-order valence-electron chi connectivity index (χ0n) is 30.3. The summed E-state index contributed by atoms with van der Waals surface area (Å²) in [5.74, 6) is 0.658. The molecule has 0 spiro atoms. The third-order valence-corrected chi connectivity index (χ3v) is 11.5. The van der Waals surface area contributed by atoms with Gasteiger partial charge in [-0.25, -0.2) is 9.97 Å². The van der Waals surface area contributed by atoms with Crippen LogP contribution >= 0.6 is 0 Å². The van der Waals surface area contributed by atoms with Crippen LogP contribution in [0.15, 0.2) is 194 Å². The smallest absolute Gasteiger partial charge is 0.235 e. The van der Waals surface area contributed by atoms with E-state index >= 15 is 0 Å². The molecule has 3 aromatic heterocycles. The maximum absolute atomic E-state index is 5.49. The van der Waals surface area contributed by atoms with Gasteiger partial charge < -0.3 is 4.57 Å². The quantitative estimate of drug-likeness (QED) is 0.182. The standard InChI is InChI=1S/C52H32N4/c1-2-17-35(18-3-1)55-47-27-12-9-21-38(47)44-31-34(29-30-49(44)55)43-32-45-39-22-10-13-28-48(39)56(51(45)41-23-7-6-20-37(41)43)52-53-46-26-11-8-24-42(46)50(54-52)40-25-14-16-33-15-4-5-19-36(33)40/h1-32H. The van der Waals surface area contributed by atoms with Crippen molar-refractivity contribution in [3.05, 3.63) is 194 Å². The van der Waals surface area contributed by atoms with E-state index in [1.54, 1.807) is 0 Å². The Morgan fingerprint density at radius 2 is 0.946 bits per heavy atom. The number of rotatable bonds is 4. The van der Waals surface area contributed by atoms with E-state index in [1.165, 1.54) is 59.9 Å². The van der Waals surface area contributed by atoms with Gasteiger partial charge in [0.1, 0.15) is 0 Å². The van der Waals surface area contributed by atoms with Crippen molar-refractivity contribution in [1.29, 1.82) is 0 Å². The minimum atomic E-state index is 0.658. The molecule has 0 radical (unpaired) electrons. The molecular weight excluding hydrogens is 681 g/mol. The summed E-state index contributed by atoms with van der Waals surface area (Å²) >= 11 is 0. The molecule has 12 aromatic rings. The Bertz CT molecular complexity index is 3530. The van der Waals surface area contributed by atoms with Crippen molar-refractivity contribution in [3.8, 4) is 34.0 Å². The molecule has 12 rings (SSSR count). The van der Waals surface area contributed by atoms with Crippen LogP contribution in [-0.4, -0.2) is 19.1 Å². The van der Waals surface area contributed by atoms with Crippen molar-refractivity contribution in [3.63, 3.8) is 0 Å². The lowest BCUT2D eigenvalue weighted by Gasteiger charge is -2.15. The lowest BCUT2D eigenvalue weighted by atomic mass is 9.94. The second kappa shape index (κ2) is 12.0. The monoisotopic (exact) mass is 712 g/mol. The highest BCUT2D eigenvalue weighted by atomic mass is 15.2. The fourth-order valence-electron chi connectivity index (χ4n) is 9.07. The highest BCUT2D eigenvalue weighted by Crippen LogP contribution is 2.43. The molecule has 4 nitrogen and oxygen atoms in total. The van der Waals surface area contributed by atoms with Gasteiger partial charge in [-0.05, 0) is 75.8 Å². The van der Waals surface area contributed by atoms with E-state index in [4.69, 9.17) is 9.97 Å². The summed E-state index contributed by atoms with van der Waals surface area (Å²) in [7, 11) is 0. The molecule has 4 heteroatoms. The van der Waals surface area contributed by atoms with Crippen LogP contribution in [0.3, 0.4) is 0 Å². The van der Waals surface area contributed by atoms with E-state index < -0.39 is 0 Å². The maximum Gasteiger partial charge on any atom is 0.235 e. The van der Waals surface area contributed by atoms with Gasteiger partial charge in [0.25, 0.3) is 0 Å². The van der Waals surface area contributed by atoms with Gasteiger partial charge in [-0.2, -0.15) is 0 Å². The highest BCUT2D eigenvalue weighted by Gasteiger charge is 2.22. The van der Waals surface area contributed by atoms with Crippen LogP contribution in [0.25, 0.3) is 110 Å². The minimum Gasteiger partial charge on any atom is -0.309 e. The van der Waals surface area contributed by atoms with Crippen molar-refractivity contribution < 1.29 is 0 Å². The lowest BCUT2D eigenvalue weighted by molar-refractivity contribution is 1.02. The molecule has 0 unspecified atom stereocenters. The van der Waals surface area contributed by atoms with Crippen LogP contribution in [0.5, 0.6) is 0 Å². The Morgan fingerprint density at radius 1 is 0.339 bits per heavy atom. The molecule has 0 N–H and O–H groups in total. The van der Waals surface area contributed by atoms with Gasteiger partial charge in [-0.15, -0.1) is 0 Å². The van der Waals surface area contributed by atoms with Crippen molar-refractivity contribution >= 4 is 76.1 Å². The van der Waals surface area contributed by atoms with Crippen LogP contribution < -0.4 is 0 Å². The average molecular weight is 713 g/mol. The molecule has 0 fully saturated rings. The summed E-state index contributed by atoms with van der Waals surface area (Å²) in [6, 6.07) is 69.6. The number of para-hydroxylation sites is 4. The Hall–Kier alpha value is -7.56. The third-order valence-electron chi connectivity index (χ3n) is 11.5. The van der Waals surface area contributed by atoms with Gasteiger partial charge in [0.2, 0.25) is 5.95 Å². The first-order valence-corrected chi connectivity index (χ1v) is 19.1. The Kier molecular flexibility index (Phi) is 6.60. The average Bonchev–Trinajstić information content (AvgIpc) is 3.78. The summed E-state index contributed by atoms with van der Waals surface area (Å²) in [6.45, 7) is 0. The van der Waals surface area contributed by atoms with Crippen LogP contribution in [0.4, 0.5) is 0 Å². The Balaban J connectivity index is 1.15. The van der Waals surface area contributed by atoms with Crippen molar-refractivity contribution in [2.45, 2.75) is 0 Å². The zero-order chi connectivity index (χ0) is 36.7. The molecule has 0 aliphatic carbocycles. The summed E-state index contributed by atoms with van der Waals surface area (Å²) in [6.07, 6.45) is 0. The molecule has 9 aromatic carbocycles. The van der Waals surface area contributed by atoms with Gasteiger partial charge in [-0.1, -0.05) is 146 Å². The number of fused-ring (bicyclic) bond motifs is 10. The molecule has 0 bridgehead atoms. The van der Waals surface area contributed by atoms with E-state index in [-0.39, 0.29) is 0 Å². The highest BCUT2D eigenvalue weighted by molar-refractivity contribution is 6.22. The minimum absolute atomic E-state index is 0.658. The van der Waals surface area contributed by atoms with Gasteiger partial charge in [-0.3, -0.25) is 4.57 Å². The first-order chi connectivity index (χ1) is 27.8. The Morgan fingerprint density at radius 3 is 1.77 bits per heavy atom. The summed E-state index contributed by atoms with van der Waals surface area (Å²) in [5, 5.41) is 10.5. The molecule has 0 saturated heterocycles. The van der Waals surface area contributed by atoms with Gasteiger partial charge in [0.05, 0.1) is 33.3 Å². The normalized spacial score (nSPS) is 11.9. The van der Waals surface area contributed by atoms with Crippen LogP contribution in [-0.2, 0) is 0 Å². The molecule has 3 heterocycles. The SMILES string of the molecule is c1ccc(-n2c3ccccc3c3cc(-c4cc5c6ccccc6n(-c6nc(-c7cccc8ccccc78)c7ccccc7n6)c5c5ccccc45)ccc32)cc1. The fraction of sp³-hybridized carbons (Fsp3) is 0. The van der Waals surface area contributed by atoms with Gasteiger partial charge in [0.15, 0.2) is 0 Å². The number of nitrogens with zero attached hydrogens (tertiary/aromatic N) is 4. The molecule has 0 amide bonds. The Labute approximate surface area is 322 Å². The van der Waals surface area contributed by atoms with E-state index in [2.05, 4.69) is 203 Å². The van der Waals surface area contributed by atoms with Crippen molar-refractivity contribution in [2.75, 3.05) is 0 Å². The number of benzene rings is 9. The molecule has 56 heavy (non-hydrogen) atoms. The molecule has 260 valence electrons. The van der Waals surface area contributed by atoms with Crippen molar-refractivity contribution in [2.24, 2.45) is 0 Å². The predicted molar refractivity (Wildman–Crippen MR) is 234 cm³/mol. The first kappa shape index (κ1) is 30.9. The van der Waals surface area contributed by atoms with Crippen LogP contribution in [0.2, 0.25) is 0 Å². The van der Waals surface area contributed by atoms with E-state index in [1.807, 2.05) is 0 Å². The van der Waals surface area contributed by atoms with E-state index in [9.17, 15) is 0 Å². The summed E-state index contributed by atoms with van der Waals surface area (Å²) in [5.41, 5.74) is 11.1. The van der Waals surface area contributed by atoms with Gasteiger partial charge in [0, 0.05) is 43.6 Å². The second-order valence-corrected chi connectivity index (χ2v) is 14.6. The number of aromatic nitrogens is 4. The fourth-order valence-corrected chi connectivity index (χ4v) is 9.07. The van der Waals surface area contributed by atoms with E-state index in [0.29, 0.717) is 5.95 Å². The van der Waals surface area contributed by atoms with Gasteiger partial charge >= 0.3 is 0 Å². The zero-order valence-corrected chi connectivity index (χ0v) is 30.3. The number of hydrogen-bond donors (Lipinski definition) is 0. The lowest BCUT2D eigenvalue weighted by Crippen LogP contribution is -2.04. The molecule has 0 saturated carbocycles. The molecule has 0 atom stereocenters. The van der Waals surface area contributed by atoms with Crippen LogP contribution in [0.1, 0.15) is 0 Å². The maximum atomic E-state index is 5.49. The summed E-state index contributed by atoms with van der Waals surface area (Å²) < 4.78 is 4.66. The first-order valence-electron chi connectivity index (χ1n) is 19.1. The number of hydrogen-bond acceptors (Lipinski definition) is 2. The van der Waals surface area contributed by atoms with E-state index in [0.717, 1.165) is 44.3 Å². The second-order valence-electron chi connectivity index (χ2n) is 14.6. The topological polar surface area (TPSA) is 35.6 Å².